The lowest BCUT2D eigenvalue weighted by atomic mass is 10.2. The van der Waals surface area contributed by atoms with Crippen molar-refractivity contribution in [3.63, 3.8) is 0 Å². The number of rotatable bonds is 6. The molecule has 1 aromatic heterocycles. The quantitative estimate of drug-likeness (QED) is 0.724. The monoisotopic (exact) mass is 265 g/mol. The summed E-state index contributed by atoms with van der Waals surface area (Å²) in [4.78, 5) is 9.12. The molecular formula is C14H23N3O2. The van der Waals surface area contributed by atoms with Crippen molar-refractivity contribution in [2.75, 3.05) is 58.5 Å². The standard InChI is InChI=1S/C14H23N3O2/c1-18-11-3-6-16-7-9-17(10-8-16)13-4-5-14(19-2)15-12-13/h4-5,12H,3,6-11H2,1-2H3. The molecule has 2 rings (SSSR count). The van der Waals surface area contributed by atoms with Gasteiger partial charge in [0.05, 0.1) is 19.0 Å². The zero-order valence-electron chi connectivity index (χ0n) is 11.8. The van der Waals surface area contributed by atoms with Crippen LogP contribution in [-0.2, 0) is 4.74 Å². The summed E-state index contributed by atoms with van der Waals surface area (Å²) in [7, 11) is 3.40. The highest BCUT2D eigenvalue weighted by atomic mass is 16.5. The molecule has 1 saturated heterocycles. The lowest BCUT2D eigenvalue weighted by Gasteiger charge is -2.35. The third-order valence-corrected chi connectivity index (χ3v) is 3.49. The minimum absolute atomic E-state index is 0.668. The van der Waals surface area contributed by atoms with Crippen LogP contribution >= 0.6 is 0 Å². The van der Waals surface area contributed by atoms with Gasteiger partial charge >= 0.3 is 0 Å². The largest absolute Gasteiger partial charge is 0.481 e. The number of piperazine rings is 1. The molecule has 0 aliphatic carbocycles. The molecule has 19 heavy (non-hydrogen) atoms. The first-order chi connectivity index (χ1) is 9.33. The third kappa shape index (κ3) is 4.08. The summed E-state index contributed by atoms with van der Waals surface area (Å²) in [6.07, 6.45) is 3.00. The first kappa shape index (κ1) is 14.1. The number of anilines is 1. The molecule has 0 radical (unpaired) electrons. The summed E-state index contributed by atoms with van der Waals surface area (Å²) in [6.45, 7) is 6.30. The van der Waals surface area contributed by atoms with E-state index in [1.165, 1.54) is 5.69 Å². The van der Waals surface area contributed by atoms with Gasteiger partial charge in [0, 0.05) is 52.5 Å². The highest BCUT2D eigenvalue weighted by Gasteiger charge is 2.16. The first-order valence-corrected chi connectivity index (χ1v) is 6.80. The maximum absolute atomic E-state index is 5.09. The van der Waals surface area contributed by atoms with Crippen LogP contribution in [0.15, 0.2) is 18.3 Å². The molecule has 0 bridgehead atoms. The number of aromatic nitrogens is 1. The summed E-state index contributed by atoms with van der Waals surface area (Å²) < 4.78 is 10.2. The van der Waals surface area contributed by atoms with Crippen molar-refractivity contribution in [2.45, 2.75) is 6.42 Å². The summed E-state index contributed by atoms with van der Waals surface area (Å²) in [6, 6.07) is 3.99. The Balaban J connectivity index is 1.78. The van der Waals surface area contributed by atoms with Crippen LogP contribution in [-0.4, -0.2) is 63.4 Å². The molecule has 0 saturated carbocycles. The fourth-order valence-electron chi connectivity index (χ4n) is 2.34. The van der Waals surface area contributed by atoms with Gasteiger partial charge in [-0.05, 0) is 12.5 Å². The summed E-state index contributed by atoms with van der Waals surface area (Å²) in [5.41, 5.74) is 1.18. The second-order valence-corrected chi connectivity index (χ2v) is 4.73. The van der Waals surface area contributed by atoms with E-state index in [1.807, 2.05) is 12.3 Å². The van der Waals surface area contributed by atoms with Gasteiger partial charge in [-0.3, -0.25) is 4.90 Å². The van der Waals surface area contributed by atoms with Gasteiger partial charge in [-0.25, -0.2) is 4.98 Å². The van der Waals surface area contributed by atoms with Gasteiger partial charge in [-0.15, -0.1) is 0 Å². The molecule has 0 atom stereocenters. The maximum Gasteiger partial charge on any atom is 0.213 e. The Labute approximate surface area is 115 Å². The Bertz CT molecular complexity index is 361. The normalized spacial score (nSPS) is 16.6. The van der Waals surface area contributed by atoms with Crippen LogP contribution in [0, 0.1) is 0 Å². The van der Waals surface area contributed by atoms with E-state index in [0.29, 0.717) is 5.88 Å². The highest BCUT2D eigenvalue weighted by Crippen LogP contribution is 2.17. The lowest BCUT2D eigenvalue weighted by Crippen LogP contribution is -2.46. The predicted octanol–water partition coefficient (Wildman–Crippen LogP) is 1.25. The molecule has 5 heteroatoms. The topological polar surface area (TPSA) is 37.8 Å². The Morgan fingerprint density at radius 2 is 1.95 bits per heavy atom. The molecule has 0 spiro atoms. The van der Waals surface area contributed by atoms with E-state index < -0.39 is 0 Å². The van der Waals surface area contributed by atoms with E-state index in [-0.39, 0.29) is 0 Å². The number of methoxy groups -OCH3 is 2. The Morgan fingerprint density at radius 3 is 2.53 bits per heavy atom. The number of hydrogen-bond donors (Lipinski definition) is 0. The Hall–Kier alpha value is -1.33. The van der Waals surface area contributed by atoms with Crippen molar-refractivity contribution in [3.8, 4) is 5.88 Å². The molecule has 2 heterocycles. The van der Waals surface area contributed by atoms with Crippen LogP contribution in [0.3, 0.4) is 0 Å². The smallest absolute Gasteiger partial charge is 0.213 e. The summed E-state index contributed by atoms with van der Waals surface area (Å²) in [5.74, 6) is 0.668. The molecule has 0 aromatic carbocycles. The van der Waals surface area contributed by atoms with Crippen LogP contribution in [0.5, 0.6) is 5.88 Å². The highest BCUT2D eigenvalue weighted by molar-refractivity contribution is 5.45. The molecule has 0 unspecified atom stereocenters. The van der Waals surface area contributed by atoms with Crippen LogP contribution in [0.4, 0.5) is 5.69 Å². The number of pyridine rings is 1. The fourth-order valence-corrected chi connectivity index (χ4v) is 2.34. The van der Waals surface area contributed by atoms with E-state index in [1.54, 1.807) is 14.2 Å². The Kier molecular flexibility index (Phi) is 5.42. The summed E-state index contributed by atoms with van der Waals surface area (Å²) in [5, 5.41) is 0. The van der Waals surface area contributed by atoms with Crippen molar-refractivity contribution in [1.82, 2.24) is 9.88 Å². The van der Waals surface area contributed by atoms with Crippen molar-refractivity contribution in [1.29, 1.82) is 0 Å². The van der Waals surface area contributed by atoms with Crippen molar-refractivity contribution < 1.29 is 9.47 Å². The fraction of sp³-hybridized carbons (Fsp3) is 0.643. The Morgan fingerprint density at radius 1 is 1.16 bits per heavy atom. The molecule has 1 fully saturated rings. The van der Waals surface area contributed by atoms with E-state index >= 15 is 0 Å². The van der Waals surface area contributed by atoms with Gasteiger partial charge in [0.2, 0.25) is 5.88 Å². The zero-order valence-corrected chi connectivity index (χ0v) is 11.8. The summed E-state index contributed by atoms with van der Waals surface area (Å²) >= 11 is 0. The second-order valence-electron chi connectivity index (χ2n) is 4.73. The molecule has 0 N–H and O–H groups in total. The molecular weight excluding hydrogens is 242 g/mol. The van der Waals surface area contributed by atoms with Crippen LogP contribution < -0.4 is 9.64 Å². The van der Waals surface area contributed by atoms with Crippen LogP contribution in [0.2, 0.25) is 0 Å². The van der Waals surface area contributed by atoms with Crippen LogP contribution in [0.25, 0.3) is 0 Å². The van der Waals surface area contributed by atoms with E-state index in [0.717, 1.165) is 45.8 Å². The predicted molar refractivity (Wildman–Crippen MR) is 75.9 cm³/mol. The second kappa shape index (κ2) is 7.31. The SMILES string of the molecule is COCCCN1CCN(c2ccc(OC)nc2)CC1. The van der Waals surface area contributed by atoms with E-state index in [9.17, 15) is 0 Å². The molecule has 1 aliphatic heterocycles. The number of nitrogens with zero attached hydrogens (tertiary/aromatic N) is 3. The number of hydrogen-bond acceptors (Lipinski definition) is 5. The van der Waals surface area contributed by atoms with E-state index in [4.69, 9.17) is 9.47 Å². The maximum atomic E-state index is 5.09. The van der Waals surface area contributed by atoms with Crippen LogP contribution in [0.1, 0.15) is 6.42 Å². The van der Waals surface area contributed by atoms with Gasteiger partial charge in [-0.2, -0.15) is 0 Å². The van der Waals surface area contributed by atoms with Crippen molar-refractivity contribution in [2.24, 2.45) is 0 Å². The van der Waals surface area contributed by atoms with Gasteiger partial charge in [0.15, 0.2) is 0 Å². The van der Waals surface area contributed by atoms with Gasteiger partial charge < -0.3 is 14.4 Å². The van der Waals surface area contributed by atoms with E-state index in [2.05, 4.69) is 20.9 Å². The average Bonchev–Trinajstić information content (AvgIpc) is 2.48. The van der Waals surface area contributed by atoms with Crippen molar-refractivity contribution >= 4 is 5.69 Å². The van der Waals surface area contributed by atoms with Gasteiger partial charge in [-0.1, -0.05) is 0 Å². The molecule has 0 amide bonds. The van der Waals surface area contributed by atoms with Gasteiger partial charge in [0.25, 0.3) is 0 Å². The minimum atomic E-state index is 0.668. The molecule has 5 nitrogen and oxygen atoms in total. The third-order valence-electron chi connectivity index (χ3n) is 3.49. The van der Waals surface area contributed by atoms with Gasteiger partial charge in [0.1, 0.15) is 0 Å². The molecule has 106 valence electrons. The zero-order chi connectivity index (χ0) is 13.5. The average molecular weight is 265 g/mol. The molecule has 1 aromatic rings. The number of ether oxygens (including phenoxy) is 2. The lowest BCUT2D eigenvalue weighted by molar-refractivity contribution is 0.169. The molecule has 1 aliphatic rings. The van der Waals surface area contributed by atoms with Crippen molar-refractivity contribution in [3.05, 3.63) is 18.3 Å². The minimum Gasteiger partial charge on any atom is -0.481 e. The first-order valence-electron chi connectivity index (χ1n) is 6.80.